The Labute approximate surface area is 99.9 Å². The van der Waals surface area contributed by atoms with Gasteiger partial charge in [0.05, 0.1) is 5.56 Å². The van der Waals surface area contributed by atoms with E-state index in [0.717, 1.165) is 6.07 Å². The largest absolute Gasteiger partial charge is 0.419 e. The number of aromatic nitrogens is 1. The van der Waals surface area contributed by atoms with Crippen molar-refractivity contribution in [2.45, 2.75) is 12.6 Å². The van der Waals surface area contributed by atoms with E-state index in [1.54, 1.807) is 6.26 Å². The number of halogens is 3. The molecule has 0 aliphatic carbocycles. The van der Waals surface area contributed by atoms with Crippen molar-refractivity contribution in [3.63, 3.8) is 0 Å². The summed E-state index contributed by atoms with van der Waals surface area (Å²) >= 11 is 0. The lowest BCUT2D eigenvalue weighted by atomic mass is 10.2. The second kappa shape index (κ2) is 6.00. The van der Waals surface area contributed by atoms with Crippen LogP contribution in [0.5, 0.6) is 0 Å². The van der Waals surface area contributed by atoms with Gasteiger partial charge in [-0.1, -0.05) is 0 Å². The first kappa shape index (κ1) is 14.0. The van der Waals surface area contributed by atoms with Gasteiger partial charge in [-0.25, -0.2) is 4.98 Å². The first-order valence-corrected chi connectivity index (χ1v) is 6.70. The van der Waals surface area contributed by atoms with Crippen LogP contribution in [-0.2, 0) is 17.0 Å². The predicted octanol–water partition coefficient (Wildman–Crippen LogP) is 2.28. The van der Waals surface area contributed by atoms with Crippen LogP contribution >= 0.6 is 0 Å². The van der Waals surface area contributed by atoms with Gasteiger partial charge >= 0.3 is 6.18 Å². The van der Waals surface area contributed by atoms with Gasteiger partial charge in [-0.2, -0.15) is 13.2 Å². The van der Waals surface area contributed by atoms with E-state index in [4.69, 9.17) is 0 Å². The highest BCUT2D eigenvalue weighted by Crippen LogP contribution is 2.33. The third kappa shape index (κ3) is 4.72. The molecule has 0 saturated carbocycles. The molecule has 17 heavy (non-hydrogen) atoms. The van der Waals surface area contributed by atoms with Gasteiger partial charge in [-0.3, -0.25) is 4.21 Å². The maximum Gasteiger partial charge on any atom is 0.419 e. The number of rotatable bonds is 5. The third-order valence-electron chi connectivity index (χ3n) is 2.01. The molecule has 0 spiro atoms. The zero-order valence-corrected chi connectivity index (χ0v) is 10.1. The average Bonchev–Trinajstić information content (AvgIpc) is 2.23. The molecule has 96 valence electrons. The van der Waals surface area contributed by atoms with Crippen molar-refractivity contribution in [2.24, 2.45) is 0 Å². The molecule has 0 aliphatic rings. The molecule has 0 amide bonds. The normalized spacial score (nSPS) is 13.4. The first-order valence-electron chi connectivity index (χ1n) is 4.97. The SMILES string of the molecule is CS(=O)CCCNc1ncccc1C(F)(F)F. The van der Waals surface area contributed by atoms with Crippen molar-refractivity contribution in [1.82, 2.24) is 4.98 Å². The lowest BCUT2D eigenvalue weighted by molar-refractivity contribution is -0.137. The van der Waals surface area contributed by atoms with Crippen molar-refractivity contribution in [3.05, 3.63) is 23.9 Å². The monoisotopic (exact) mass is 266 g/mol. The van der Waals surface area contributed by atoms with E-state index in [1.165, 1.54) is 12.3 Å². The Hall–Kier alpha value is -1.11. The quantitative estimate of drug-likeness (QED) is 0.831. The Balaban J connectivity index is 2.62. The number of pyridine rings is 1. The molecule has 1 rings (SSSR count). The Morgan fingerprint density at radius 3 is 2.76 bits per heavy atom. The van der Waals surface area contributed by atoms with Gasteiger partial charge in [0.15, 0.2) is 0 Å². The Bertz CT molecular complexity index is 395. The standard InChI is InChI=1S/C10H13F3N2OS/c1-17(16)7-3-6-15-9-8(10(11,12)13)4-2-5-14-9/h2,4-5H,3,6-7H2,1H3,(H,14,15). The van der Waals surface area contributed by atoms with Gasteiger partial charge in [-0.05, 0) is 18.6 Å². The molecule has 0 fully saturated rings. The fraction of sp³-hybridized carbons (Fsp3) is 0.500. The molecule has 1 atom stereocenters. The van der Waals surface area contributed by atoms with E-state index in [0.29, 0.717) is 18.7 Å². The summed E-state index contributed by atoms with van der Waals surface area (Å²) in [5, 5.41) is 2.61. The minimum atomic E-state index is -4.41. The van der Waals surface area contributed by atoms with Gasteiger partial charge in [0.1, 0.15) is 5.82 Å². The van der Waals surface area contributed by atoms with E-state index in [9.17, 15) is 17.4 Å². The average molecular weight is 266 g/mol. The molecule has 7 heteroatoms. The summed E-state index contributed by atoms with van der Waals surface area (Å²) in [6.07, 6.45) is -1.02. The van der Waals surface area contributed by atoms with E-state index in [-0.39, 0.29) is 5.82 Å². The van der Waals surface area contributed by atoms with Gasteiger partial charge < -0.3 is 5.32 Å². The molecule has 0 bridgehead atoms. The summed E-state index contributed by atoms with van der Waals surface area (Å²) in [6.45, 7) is 0.319. The van der Waals surface area contributed by atoms with E-state index in [1.807, 2.05) is 0 Å². The molecular formula is C10H13F3N2OS. The maximum atomic E-state index is 12.6. The molecule has 0 aromatic carbocycles. The summed E-state index contributed by atoms with van der Waals surface area (Å²) in [5.41, 5.74) is -0.780. The Kier molecular flexibility index (Phi) is 4.92. The maximum absolute atomic E-state index is 12.6. The molecule has 3 nitrogen and oxygen atoms in total. The van der Waals surface area contributed by atoms with Crippen LogP contribution in [0.25, 0.3) is 0 Å². The van der Waals surface area contributed by atoms with Crippen LogP contribution in [0.4, 0.5) is 19.0 Å². The number of hydrogen-bond acceptors (Lipinski definition) is 3. The van der Waals surface area contributed by atoms with Crippen LogP contribution in [0.1, 0.15) is 12.0 Å². The highest BCUT2D eigenvalue weighted by atomic mass is 32.2. The summed E-state index contributed by atoms with van der Waals surface area (Å²) < 4.78 is 48.4. The third-order valence-corrected chi connectivity index (χ3v) is 2.88. The number of nitrogens with one attached hydrogen (secondary N) is 1. The van der Waals surface area contributed by atoms with Gasteiger partial charge in [0, 0.05) is 35.5 Å². The van der Waals surface area contributed by atoms with E-state index >= 15 is 0 Å². The van der Waals surface area contributed by atoms with Gasteiger partial charge in [0.25, 0.3) is 0 Å². The molecule has 1 unspecified atom stereocenters. The summed E-state index contributed by atoms with van der Waals surface area (Å²) in [7, 11) is -0.929. The van der Waals surface area contributed by atoms with Gasteiger partial charge in [-0.15, -0.1) is 0 Å². The predicted molar refractivity (Wildman–Crippen MR) is 61.3 cm³/mol. The molecule has 0 aliphatic heterocycles. The van der Waals surface area contributed by atoms with E-state index in [2.05, 4.69) is 10.3 Å². The lowest BCUT2D eigenvalue weighted by Gasteiger charge is -2.12. The fourth-order valence-corrected chi connectivity index (χ4v) is 1.81. The molecule has 0 saturated heterocycles. The number of anilines is 1. The van der Waals surface area contributed by atoms with Crippen LogP contribution < -0.4 is 5.32 Å². The molecule has 1 heterocycles. The van der Waals surface area contributed by atoms with Crippen LogP contribution in [-0.4, -0.2) is 27.7 Å². The molecule has 1 N–H and O–H groups in total. The van der Waals surface area contributed by atoms with Crippen molar-refractivity contribution in [3.8, 4) is 0 Å². The van der Waals surface area contributed by atoms with Crippen LogP contribution in [0.2, 0.25) is 0 Å². The highest BCUT2D eigenvalue weighted by molar-refractivity contribution is 7.84. The summed E-state index contributed by atoms with van der Waals surface area (Å²) in [5.74, 6) is 0.281. The van der Waals surface area contributed by atoms with E-state index < -0.39 is 22.5 Å². The summed E-state index contributed by atoms with van der Waals surface area (Å²) in [4.78, 5) is 3.65. The van der Waals surface area contributed by atoms with Crippen LogP contribution in [0.15, 0.2) is 18.3 Å². The second-order valence-corrected chi connectivity index (χ2v) is 5.01. The summed E-state index contributed by atoms with van der Waals surface area (Å²) in [6, 6.07) is 2.22. The zero-order valence-electron chi connectivity index (χ0n) is 9.25. The number of nitrogens with zero attached hydrogens (tertiary/aromatic N) is 1. The van der Waals surface area contributed by atoms with Crippen molar-refractivity contribution in [1.29, 1.82) is 0 Å². The van der Waals surface area contributed by atoms with Gasteiger partial charge in [0.2, 0.25) is 0 Å². The first-order chi connectivity index (χ1) is 7.91. The smallest absolute Gasteiger partial charge is 0.370 e. The number of alkyl halides is 3. The fourth-order valence-electron chi connectivity index (χ4n) is 1.26. The lowest BCUT2D eigenvalue weighted by Crippen LogP contribution is -2.14. The Morgan fingerprint density at radius 2 is 2.18 bits per heavy atom. The minimum Gasteiger partial charge on any atom is -0.370 e. The molecular weight excluding hydrogens is 253 g/mol. The zero-order chi connectivity index (χ0) is 12.9. The highest BCUT2D eigenvalue weighted by Gasteiger charge is 2.33. The van der Waals surface area contributed by atoms with Crippen molar-refractivity contribution < 1.29 is 17.4 Å². The molecule has 1 aromatic heterocycles. The van der Waals surface area contributed by atoms with Crippen LogP contribution in [0, 0.1) is 0 Å². The van der Waals surface area contributed by atoms with Crippen LogP contribution in [0.3, 0.4) is 0 Å². The van der Waals surface area contributed by atoms with Crippen molar-refractivity contribution in [2.75, 3.05) is 23.9 Å². The topological polar surface area (TPSA) is 42.0 Å². The van der Waals surface area contributed by atoms with Crippen molar-refractivity contribution >= 4 is 16.6 Å². The number of hydrogen-bond donors (Lipinski definition) is 1. The molecule has 0 radical (unpaired) electrons. The Morgan fingerprint density at radius 1 is 1.47 bits per heavy atom. The minimum absolute atomic E-state index is 0.179. The molecule has 1 aromatic rings. The second-order valence-electron chi connectivity index (χ2n) is 3.45.